The number of hydrogen-bond acceptors (Lipinski definition) is 3. The maximum absolute atomic E-state index is 13.3. The number of aliphatic hydroxyl groups excluding tert-OH is 1. The van der Waals surface area contributed by atoms with Crippen LogP contribution in [0.3, 0.4) is 0 Å². The van der Waals surface area contributed by atoms with Gasteiger partial charge in [0.15, 0.2) is 0 Å². The topological polar surface area (TPSA) is 58.4 Å². The minimum absolute atomic E-state index is 0.107. The second-order valence-electron chi connectivity index (χ2n) is 8.73. The number of carbonyl (C=O) groups excluding carboxylic acids is 1. The van der Waals surface area contributed by atoms with Crippen LogP contribution in [0.25, 0.3) is 11.0 Å². The molecule has 34 heavy (non-hydrogen) atoms. The predicted molar refractivity (Wildman–Crippen MR) is 125 cm³/mol. The zero-order valence-electron chi connectivity index (χ0n) is 18.7. The molecular weight excluding hydrogens is 490 g/mol. The van der Waals surface area contributed by atoms with E-state index in [0.29, 0.717) is 51.7 Å². The largest absolute Gasteiger partial charge is 0.416 e. The van der Waals surface area contributed by atoms with Gasteiger partial charge in [-0.05, 0) is 61.1 Å². The Bertz CT molecular complexity index is 1250. The molecule has 0 unspecified atom stereocenters. The van der Waals surface area contributed by atoms with Crippen molar-refractivity contribution in [1.29, 1.82) is 0 Å². The number of piperidine rings is 1. The minimum Gasteiger partial charge on any atom is -0.396 e. The second kappa shape index (κ2) is 9.40. The zero-order chi connectivity index (χ0) is 24.8. The van der Waals surface area contributed by atoms with Crippen molar-refractivity contribution in [2.75, 3.05) is 19.7 Å². The van der Waals surface area contributed by atoms with Crippen LogP contribution in [0.1, 0.15) is 45.7 Å². The van der Waals surface area contributed by atoms with E-state index in [1.807, 2.05) is 0 Å². The predicted octanol–water partition coefficient (Wildman–Crippen LogP) is 5.64. The molecule has 0 saturated carbocycles. The molecule has 182 valence electrons. The third-order valence-electron chi connectivity index (χ3n) is 6.51. The van der Waals surface area contributed by atoms with Gasteiger partial charge in [-0.2, -0.15) is 13.2 Å². The van der Waals surface area contributed by atoms with E-state index in [4.69, 9.17) is 23.2 Å². The summed E-state index contributed by atoms with van der Waals surface area (Å²) in [6.45, 7) is 2.76. The summed E-state index contributed by atoms with van der Waals surface area (Å²) in [6, 6.07) is 5.35. The summed E-state index contributed by atoms with van der Waals surface area (Å²) in [7, 11) is 1.65. The van der Waals surface area contributed by atoms with Crippen LogP contribution in [0.2, 0.25) is 10.0 Å². The lowest BCUT2D eigenvalue weighted by Gasteiger charge is -2.31. The molecule has 0 spiro atoms. The van der Waals surface area contributed by atoms with Gasteiger partial charge in [0.25, 0.3) is 5.91 Å². The number of nitrogens with zero attached hydrogens (tertiary/aromatic N) is 3. The van der Waals surface area contributed by atoms with Crippen molar-refractivity contribution in [2.45, 2.75) is 32.4 Å². The Morgan fingerprint density at radius 3 is 2.50 bits per heavy atom. The summed E-state index contributed by atoms with van der Waals surface area (Å²) in [6.07, 6.45) is -2.87. The fourth-order valence-corrected chi connectivity index (χ4v) is 4.98. The SMILES string of the molecule is Cc1cc(C(F)(F)F)cc2c1nc(Cc1c(Cl)ccc(C(=O)N3CCC(CO)CC3)c1Cl)n2C. The lowest BCUT2D eigenvalue weighted by atomic mass is 9.97. The highest BCUT2D eigenvalue weighted by molar-refractivity contribution is 6.38. The Labute approximate surface area is 205 Å². The van der Waals surface area contributed by atoms with Gasteiger partial charge >= 0.3 is 6.18 Å². The molecule has 1 aliphatic rings. The third-order valence-corrected chi connectivity index (χ3v) is 7.29. The molecule has 5 nitrogen and oxygen atoms in total. The van der Waals surface area contributed by atoms with Crippen molar-refractivity contribution in [3.05, 3.63) is 62.4 Å². The van der Waals surface area contributed by atoms with Crippen molar-refractivity contribution in [2.24, 2.45) is 13.0 Å². The number of alkyl halides is 3. The van der Waals surface area contributed by atoms with Gasteiger partial charge in [0.05, 0.1) is 27.2 Å². The van der Waals surface area contributed by atoms with Gasteiger partial charge in [0.1, 0.15) is 5.82 Å². The van der Waals surface area contributed by atoms with Crippen LogP contribution < -0.4 is 0 Å². The first-order valence-electron chi connectivity index (χ1n) is 10.9. The lowest BCUT2D eigenvalue weighted by Crippen LogP contribution is -2.39. The summed E-state index contributed by atoms with van der Waals surface area (Å²) >= 11 is 13.1. The number of aryl methyl sites for hydroxylation is 2. The average molecular weight is 514 g/mol. The van der Waals surface area contributed by atoms with Crippen molar-refractivity contribution >= 4 is 40.1 Å². The summed E-state index contributed by atoms with van der Waals surface area (Å²) in [4.78, 5) is 19.4. The smallest absolute Gasteiger partial charge is 0.396 e. The Balaban J connectivity index is 1.68. The normalized spacial score (nSPS) is 15.4. The molecule has 2 heterocycles. The molecule has 0 aliphatic carbocycles. The molecule has 0 radical (unpaired) electrons. The van der Waals surface area contributed by atoms with E-state index in [0.717, 1.165) is 25.0 Å². The summed E-state index contributed by atoms with van der Waals surface area (Å²) in [5, 5.41) is 9.89. The van der Waals surface area contributed by atoms with Crippen LogP contribution in [0.5, 0.6) is 0 Å². The molecule has 10 heteroatoms. The Hall–Kier alpha value is -2.29. The molecule has 4 rings (SSSR count). The summed E-state index contributed by atoms with van der Waals surface area (Å²) < 4.78 is 41.5. The van der Waals surface area contributed by atoms with Crippen molar-refractivity contribution in [3.63, 3.8) is 0 Å². The first-order valence-corrected chi connectivity index (χ1v) is 11.7. The van der Waals surface area contributed by atoms with Crippen LogP contribution in [-0.4, -0.2) is 45.2 Å². The van der Waals surface area contributed by atoms with Crippen LogP contribution >= 0.6 is 23.2 Å². The van der Waals surface area contributed by atoms with E-state index in [1.54, 1.807) is 35.6 Å². The third kappa shape index (κ3) is 4.63. The maximum atomic E-state index is 13.3. The van der Waals surface area contributed by atoms with Gasteiger partial charge < -0.3 is 14.6 Å². The highest BCUT2D eigenvalue weighted by Crippen LogP contribution is 2.35. The first-order chi connectivity index (χ1) is 16.0. The molecule has 1 N–H and O–H groups in total. The lowest BCUT2D eigenvalue weighted by molar-refractivity contribution is -0.137. The van der Waals surface area contributed by atoms with E-state index < -0.39 is 11.7 Å². The van der Waals surface area contributed by atoms with Gasteiger partial charge in [-0.25, -0.2) is 4.98 Å². The van der Waals surface area contributed by atoms with E-state index in [9.17, 15) is 23.1 Å². The number of rotatable bonds is 4. The highest BCUT2D eigenvalue weighted by Gasteiger charge is 2.32. The summed E-state index contributed by atoms with van der Waals surface area (Å²) in [5.74, 6) is 0.462. The molecule has 1 aromatic heterocycles. The Morgan fingerprint density at radius 2 is 1.88 bits per heavy atom. The van der Waals surface area contributed by atoms with Crippen LogP contribution in [-0.2, 0) is 19.6 Å². The highest BCUT2D eigenvalue weighted by atomic mass is 35.5. The number of aliphatic hydroxyl groups is 1. The molecule has 1 amide bonds. The van der Waals surface area contributed by atoms with Gasteiger partial charge in [-0.3, -0.25) is 4.79 Å². The molecule has 2 aromatic carbocycles. The molecule has 0 bridgehead atoms. The number of amides is 1. The second-order valence-corrected chi connectivity index (χ2v) is 9.51. The van der Waals surface area contributed by atoms with Crippen molar-refractivity contribution < 1.29 is 23.1 Å². The monoisotopic (exact) mass is 513 g/mol. The molecule has 1 fully saturated rings. The minimum atomic E-state index is -4.46. The van der Waals surface area contributed by atoms with Crippen LogP contribution in [0, 0.1) is 12.8 Å². The number of fused-ring (bicyclic) bond motifs is 1. The van der Waals surface area contributed by atoms with Gasteiger partial charge in [0.2, 0.25) is 0 Å². The van der Waals surface area contributed by atoms with Crippen LogP contribution in [0.4, 0.5) is 13.2 Å². The van der Waals surface area contributed by atoms with E-state index in [1.165, 1.54) is 0 Å². The van der Waals surface area contributed by atoms with E-state index in [2.05, 4.69) is 4.98 Å². The fourth-order valence-electron chi connectivity index (χ4n) is 4.40. The van der Waals surface area contributed by atoms with Crippen LogP contribution in [0.15, 0.2) is 24.3 Å². The van der Waals surface area contributed by atoms with E-state index in [-0.39, 0.29) is 29.9 Å². The molecule has 1 saturated heterocycles. The number of likely N-dealkylation sites (tertiary alicyclic amines) is 1. The maximum Gasteiger partial charge on any atom is 0.416 e. The Morgan fingerprint density at radius 1 is 1.21 bits per heavy atom. The van der Waals surface area contributed by atoms with Crippen molar-refractivity contribution in [3.8, 4) is 0 Å². The molecule has 1 aliphatic heterocycles. The van der Waals surface area contributed by atoms with Gasteiger partial charge in [-0.1, -0.05) is 23.2 Å². The fraction of sp³-hybridized carbons (Fsp3) is 0.417. The number of imidazole rings is 1. The molecular formula is C24H24Cl2F3N3O2. The number of halogens is 5. The standard InChI is InChI=1S/C24H24Cl2F3N3O2/c1-13-9-15(24(27,28)29)10-19-22(13)30-20(31(19)2)11-17-18(25)4-3-16(21(17)26)23(34)32-7-5-14(12-33)6-8-32/h3-4,9-10,14,33H,5-8,11-12H2,1-2H3. The number of benzene rings is 2. The average Bonchev–Trinajstić information content (AvgIpc) is 3.12. The van der Waals surface area contributed by atoms with Gasteiger partial charge in [-0.15, -0.1) is 0 Å². The first kappa shape index (κ1) is 24.8. The number of aromatic nitrogens is 2. The summed E-state index contributed by atoms with van der Waals surface area (Å²) in [5.41, 5.74) is 1.31. The molecule has 3 aromatic rings. The van der Waals surface area contributed by atoms with E-state index >= 15 is 0 Å². The number of carbonyl (C=O) groups is 1. The zero-order valence-corrected chi connectivity index (χ0v) is 20.2. The Kier molecular flexibility index (Phi) is 6.86. The molecule has 0 atom stereocenters. The quantitative estimate of drug-likeness (QED) is 0.490. The van der Waals surface area contributed by atoms with Crippen molar-refractivity contribution in [1.82, 2.24) is 14.5 Å². The number of hydrogen-bond donors (Lipinski definition) is 1. The van der Waals surface area contributed by atoms with Gasteiger partial charge in [0, 0.05) is 38.2 Å².